The Morgan fingerprint density at radius 3 is 2.35 bits per heavy atom. The topological polar surface area (TPSA) is 92.4 Å². The molecule has 0 aliphatic heterocycles. The monoisotopic (exact) mass is 358 g/mol. The van der Waals surface area contributed by atoms with Gasteiger partial charge < -0.3 is 24.8 Å². The van der Waals surface area contributed by atoms with Crippen molar-refractivity contribution < 1.29 is 23.8 Å². The lowest BCUT2D eigenvalue weighted by Crippen LogP contribution is -2.18. The highest BCUT2D eigenvalue weighted by Gasteiger charge is 2.10. The van der Waals surface area contributed by atoms with Gasteiger partial charge in [-0.3, -0.25) is 0 Å². The predicted octanol–water partition coefficient (Wildman–Crippen LogP) is 2.56. The number of hydrogen-bond acceptors (Lipinski definition) is 6. The fourth-order valence-corrected chi connectivity index (χ4v) is 2.27. The minimum absolute atomic E-state index is 0.0332. The highest BCUT2D eigenvalue weighted by atomic mass is 16.7. The van der Waals surface area contributed by atoms with Gasteiger partial charge in [-0.2, -0.15) is 0 Å². The number of methoxy groups -OCH3 is 2. The van der Waals surface area contributed by atoms with Crippen LogP contribution in [0, 0.1) is 13.8 Å². The first kappa shape index (κ1) is 19.1. The van der Waals surface area contributed by atoms with Crippen LogP contribution in [0.3, 0.4) is 0 Å². The average Bonchev–Trinajstić information content (AvgIpc) is 2.64. The molecule has 0 atom stereocenters. The molecule has 0 aromatic heterocycles. The zero-order chi connectivity index (χ0) is 19.1. The Bertz CT molecular complexity index is 818. The van der Waals surface area contributed by atoms with Gasteiger partial charge >= 0.3 is 5.97 Å². The summed E-state index contributed by atoms with van der Waals surface area (Å²) in [5.41, 5.74) is 8.43. The van der Waals surface area contributed by atoms with Gasteiger partial charge in [0.25, 0.3) is 0 Å². The minimum Gasteiger partial charge on any atom is -0.493 e. The number of amidine groups is 1. The molecule has 2 aromatic rings. The summed E-state index contributed by atoms with van der Waals surface area (Å²) in [6.45, 7) is 3.62. The van der Waals surface area contributed by atoms with Crippen molar-refractivity contribution >= 4 is 11.8 Å². The van der Waals surface area contributed by atoms with E-state index in [9.17, 15) is 4.79 Å². The molecule has 0 amide bonds. The zero-order valence-corrected chi connectivity index (χ0v) is 15.2. The van der Waals surface area contributed by atoms with Crippen molar-refractivity contribution in [3.05, 3.63) is 53.1 Å². The second-order valence-corrected chi connectivity index (χ2v) is 5.57. The lowest BCUT2D eigenvalue weighted by molar-refractivity contribution is -0.146. The Kier molecular flexibility index (Phi) is 6.43. The Morgan fingerprint density at radius 2 is 1.69 bits per heavy atom. The molecule has 0 aliphatic carbocycles. The van der Waals surface area contributed by atoms with Crippen molar-refractivity contribution in [1.82, 2.24) is 0 Å². The third-order valence-electron chi connectivity index (χ3n) is 3.60. The summed E-state index contributed by atoms with van der Waals surface area (Å²) in [6.07, 6.45) is 0. The summed E-state index contributed by atoms with van der Waals surface area (Å²) in [5.74, 6) is 1.04. The predicted molar refractivity (Wildman–Crippen MR) is 97.8 cm³/mol. The Morgan fingerprint density at radius 1 is 1.00 bits per heavy atom. The largest absolute Gasteiger partial charge is 0.493 e. The number of rotatable bonds is 7. The Balaban J connectivity index is 1.96. The van der Waals surface area contributed by atoms with Crippen LogP contribution in [0.5, 0.6) is 17.2 Å². The van der Waals surface area contributed by atoms with E-state index >= 15 is 0 Å². The fraction of sp³-hybridized carbons (Fsp3) is 0.263. The van der Waals surface area contributed by atoms with Crippen molar-refractivity contribution in [2.45, 2.75) is 13.8 Å². The molecule has 0 aliphatic rings. The van der Waals surface area contributed by atoms with E-state index in [0.29, 0.717) is 22.8 Å². The van der Waals surface area contributed by atoms with Gasteiger partial charge in [0.15, 0.2) is 23.9 Å². The van der Waals surface area contributed by atoms with Gasteiger partial charge in [0, 0.05) is 5.56 Å². The van der Waals surface area contributed by atoms with E-state index in [0.717, 1.165) is 11.1 Å². The van der Waals surface area contributed by atoms with Gasteiger partial charge in [-0.1, -0.05) is 22.9 Å². The van der Waals surface area contributed by atoms with Crippen molar-refractivity contribution in [2.24, 2.45) is 10.9 Å². The molecule has 0 radical (unpaired) electrons. The summed E-state index contributed by atoms with van der Waals surface area (Å²) in [6, 6.07) is 10.7. The summed E-state index contributed by atoms with van der Waals surface area (Å²) in [7, 11) is 3.05. The molecule has 0 saturated heterocycles. The quantitative estimate of drug-likeness (QED) is 0.354. The molecular formula is C19H22N2O5. The van der Waals surface area contributed by atoms with Crippen molar-refractivity contribution in [3.63, 3.8) is 0 Å². The van der Waals surface area contributed by atoms with Crippen LogP contribution < -0.4 is 19.9 Å². The van der Waals surface area contributed by atoms with Gasteiger partial charge in [-0.25, -0.2) is 4.79 Å². The summed E-state index contributed by atoms with van der Waals surface area (Å²) in [5, 5.41) is 3.64. The van der Waals surface area contributed by atoms with E-state index < -0.39 is 5.97 Å². The van der Waals surface area contributed by atoms with Crippen LogP contribution in [0.2, 0.25) is 0 Å². The number of nitrogens with zero attached hydrogens (tertiary/aromatic N) is 1. The molecule has 2 rings (SSSR count). The van der Waals surface area contributed by atoms with E-state index in [1.54, 1.807) is 24.3 Å². The van der Waals surface area contributed by atoms with Gasteiger partial charge in [0.2, 0.25) is 0 Å². The second kappa shape index (κ2) is 8.75. The number of hydrogen-bond donors (Lipinski definition) is 1. The average molecular weight is 358 g/mol. The molecule has 138 valence electrons. The molecule has 0 heterocycles. The molecule has 26 heavy (non-hydrogen) atoms. The number of carbonyl (C=O) groups is 1. The molecule has 2 N–H and O–H groups in total. The van der Waals surface area contributed by atoms with E-state index in [-0.39, 0.29) is 12.4 Å². The SMILES string of the molecule is COc1ccc(C(N)=NOC(=O)COc2ccc(C)cc2C)cc1OC. The summed E-state index contributed by atoms with van der Waals surface area (Å²) in [4.78, 5) is 16.6. The zero-order valence-electron chi connectivity index (χ0n) is 15.2. The highest BCUT2D eigenvalue weighted by molar-refractivity contribution is 5.98. The maximum absolute atomic E-state index is 11.8. The van der Waals surface area contributed by atoms with Crippen LogP contribution in [-0.4, -0.2) is 32.6 Å². The Hall–Kier alpha value is -3.22. The van der Waals surface area contributed by atoms with Crippen LogP contribution in [0.15, 0.2) is 41.6 Å². The molecule has 0 unspecified atom stereocenters. The molecule has 0 spiro atoms. The molecule has 7 nitrogen and oxygen atoms in total. The number of aryl methyl sites for hydroxylation is 2. The van der Waals surface area contributed by atoms with Crippen LogP contribution in [0.4, 0.5) is 0 Å². The third-order valence-corrected chi connectivity index (χ3v) is 3.60. The van der Waals surface area contributed by atoms with Crippen LogP contribution in [0.25, 0.3) is 0 Å². The normalized spacial score (nSPS) is 11.0. The molecule has 0 saturated carbocycles. The molecule has 0 fully saturated rings. The van der Waals surface area contributed by atoms with Crippen molar-refractivity contribution in [1.29, 1.82) is 0 Å². The smallest absolute Gasteiger partial charge is 0.372 e. The fourth-order valence-electron chi connectivity index (χ4n) is 2.27. The van der Waals surface area contributed by atoms with Crippen molar-refractivity contribution in [2.75, 3.05) is 20.8 Å². The number of benzene rings is 2. The maximum Gasteiger partial charge on any atom is 0.372 e. The molecule has 0 bridgehead atoms. The third kappa shape index (κ3) is 4.89. The van der Waals surface area contributed by atoms with Crippen LogP contribution in [-0.2, 0) is 9.63 Å². The summed E-state index contributed by atoms with van der Waals surface area (Å²) >= 11 is 0. The standard InChI is InChI=1S/C19H22N2O5/c1-12-5-7-15(13(2)9-12)25-11-18(22)26-21-19(20)14-6-8-16(23-3)17(10-14)24-4/h5-10H,11H2,1-4H3,(H2,20,21). The molecule has 2 aromatic carbocycles. The first-order valence-electron chi connectivity index (χ1n) is 7.90. The van der Waals surface area contributed by atoms with Crippen molar-refractivity contribution in [3.8, 4) is 17.2 Å². The number of nitrogens with two attached hydrogens (primary N) is 1. The maximum atomic E-state index is 11.8. The lowest BCUT2D eigenvalue weighted by atomic mass is 10.1. The first-order chi connectivity index (χ1) is 12.4. The van der Waals surface area contributed by atoms with E-state index in [1.165, 1.54) is 14.2 Å². The highest BCUT2D eigenvalue weighted by Crippen LogP contribution is 2.27. The van der Waals surface area contributed by atoms with Gasteiger partial charge in [0.1, 0.15) is 5.75 Å². The summed E-state index contributed by atoms with van der Waals surface area (Å²) < 4.78 is 15.8. The number of oxime groups is 1. The lowest BCUT2D eigenvalue weighted by Gasteiger charge is -2.09. The van der Waals surface area contributed by atoms with E-state index in [2.05, 4.69) is 5.16 Å². The van der Waals surface area contributed by atoms with Crippen LogP contribution >= 0.6 is 0 Å². The Labute approximate surface area is 152 Å². The first-order valence-corrected chi connectivity index (χ1v) is 7.90. The second-order valence-electron chi connectivity index (χ2n) is 5.57. The molecule has 7 heteroatoms. The number of carbonyl (C=O) groups excluding carboxylic acids is 1. The molecular weight excluding hydrogens is 336 g/mol. The number of ether oxygens (including phenoxy) is 3. The van der Waals surface area contributed by atoms with E-state index in [1.807, 2.05) is 26.0 Å². The van der Waals surface area contributed by atoms with Crippen LogP contribution in [0.1, 0.15) is 16.7 Å². The minimum atomic E-state index is -0.659. The van der Waals surface area contributed by atoms with E-state index in [4.69, 9.17) is 24.8 Å². The van der Waals surface area contributed by atoms with Gasteiger partial charge in [0.05, 0.1) is 14.2 Å². The van der Waals surface area contributed by atoms with Gasteiger partial charge in [-0.05, 0) is 43.7 Å². The van der Waals surface area contributed by atoms with Gasteiger partial charge in [-0.15, -0.1) is 0 Å².